The second-order valence-electron chi connectivity index (χ2n) is 4.41. The lowest BCUT2D eigenvalue weighted by molar-refractivity contribution is -0.141. The van der Waals surface area contributed by atoms with Gasteiger partial charge in [0.05, 0.1) is 10.8 Å². The van der Waals surface area contributed by atoms with E-state index in [0.717, 1.165) is 5.56 Å². The van der Waals surface area contributed by atoms with E-state index in [1.165, 1.54) is 22.8 Å². The van der Waals surface area contributed by atoms with Gasteiger partial charge in [0, 0.05) is 24.3 Å². The zero-order valence-corrected chi connectivity index (χ0v) is 12.6. The lowest BCUT2D eigenvalue weighted by Crippen LogP contribution is -2.34. The van der Waals surface area contributed by atoms with Crippen molar-refractivity contribution in [2.75, 3.05) is 6.54 Å². The van der Waals surface area contributed by atoms with Crippen molar-refractivity contribution >= 4 is 27.3 Å². The predicted molar refractivity (Wildman–Crippen MR) is 78.6 cm³/mol. The highest BCUT2D eigenvalue weighted by molar-refractivity contribution is 7.89. The first kappa shape index (κ1) is 15.6. The summed E-state index contributed by atoms with van der Waals surface area (Å²) in [7, 11) is -3.66. The van der Waals surface area contributed by atoms with Crippen LogP contribution in [0.15, 0.2) is 46.2 Å². The number of nitrogens with one attached hydrogen (secondary N) is 1. The Morgan fingerprint density at radius 2 is 2.24 bits per heavy atom. The lowest BCUT2D eigenvalue weighted by atomic mass is 10.0. The number of hydrogen-bond donors (Lipinski definition) is 2. The zero-order valence-electron chi connectivity index (χ0n) is 11.0. The van der Waals surface area contributed by atoms with Crippen LogP contribution in [0.25, 0.3) is 0 Å². The summed E-state index contributed by atoms with van der Waals surface area (Å²) in [5.41, 5.74) is 0.750. The first-order valence-electron chi connectivity index (χ1n) is 6.12. The molecule has 0 aliphatic heterocycles. The molecule has 0 saturated heterocycles. The summed E-state index contributed by atoms with van der Waals surface area (Å²) in [6, 6.07) is 4.95. The van der Waals surface area contributed by atoms with Crippen LogP contribution < -0.4 is 4.72 Å². The number of sulfonamides is 1. The van der Waals surface area contributed by atoms with Gasteiger partial charge in [-0.25, -0.2) is 13.1 Å². The van der Waals surface area contributed by atoms with Gasteiger partial charge >= 0.3 is 5.97 Å². The second-order valence-corrected chi connectivity index (χ2v) is 6.96. The quantitative estimate of drug-likeness (QED) is 0.801. The van der Waals surface area contributed by atoms with E-state index in [9.17, 15) is 18.3 Å². The molecular formula is C13H14N2O4S2. The number of pyridine rings is 1. The average molecular weight is 326 g/mol. The second kappa shape index (κ2) is 6.79. The highest BCUT2D eigenvalue weighted by atomic mass is 32.2. The molecule has 0 aliphatic carbocycles. The summed E-state index contributed by atoms with van der Waals surface area (Å²) in [4.78, 5) is 15.3. The summed E-state index contributed by atoms with van der Waals surface area (Å²) in [6.45, 7) is -0.164. The number of hydrogen-bond acceptors (Lipinski definition) is 5. The molecule has 0 amide bonds. The smallest absolute Gasteiger partial charge is 0.308 e. The molecule has 2 aromatic rings. The minimum atomic E-state index is -3.66. The van der Waals surface area contributed by atoms with Gasteiger partial charge in [0.25, 0.3) is 0 Å². The Morgan fingerprint density at radius 3 is 2.81 bits per heavy atom. The summed E-state index contributed by atoms with van der Waals surface area (Å²) in [5.74, 6) is -1.89. The number of nitrogens with zero attached hydrogens (tertiary/aromatic N) is 1. The maximum absolute atomic E-state index is 12.0. The number of carboxylic acids is 1. The molecule has 1 atom stereocenters. The molecule has 1 unspecified atom stereocenters. The highest BCUT2D eigenvalue weighted by Crippen LogP contribution is 2.14. The SMILES string of the molecule is O=C(O)C(CNS(=O)(=O)c1ccsc1)Cc1cccnc1. The molecule has 8 heteroatoms. The molecule has 0 bridgehead atoms. The molecule has 0 radical (unpaired) electrons. The molecule has 0 fully saturated rings. The summed E-state index contributed by atoms with van der Waals surface area (Å²) >= 11 is 1.27. The van der Waals surface area contributed by atoms with Crippen LogP contribution in [0.4, 0.5) is 0 Å². The van der Waals surface area contributed by atoms with Crippen LogP contribution in [0, 0.1) is 5.92 Å². The van der Waals surface area contributed by atoms with Crippen LogP contribution in [0.5, 0.6) is 0 Å². The molecule has 112 valence electrons. The minimum absolute atomic E-state index is 0.151. The van der Waals surface area contributed by atoms with E-state index in [2.05, 4.69) is 9.71 Å². The van der Waals surface area contributed by atoms with Crippen molar-refractivity contribution in [1.82, 2.24) is 9.71 Å². The Morgan fingerprint density at radius 1 is 1.43 bits per heavy atom. The Labute approximate surface area is 126 Å². The molecule has 21 heavy (non-hydrogen) atoms. The average Bonchev–Trinajstić information content (AvgIpc) is 2.99. The van der Waals surface area contributed by atoms with Gasteiger partial charge < -0.3 is 5.11 Å². The molecular weight excluding hydrogens is 312 g/mol. The van der Waals surface area contributed by atoms with Crippen molar-refractivity contribution in [2.24, 2.45) is 5.92 Å². The number of carbonyl (C=O) groups is 1. The molecule has 0 aromatic carbocycles. The summed E-state index contributed by atoms with van der Waals surface area (Å²) in [5, 5.41) is 12.4. The van der Waals surface area contributed by atoms with Crippen molar-refractivity contribution in [3.05, 3.63) is 46.9 Å². The van der Waals surface area contributed by atoms with Gasteiger partial charge in [-0.15, -0.1) is 0 Å². The van der Waals surface area contributed by atoms with Crippen LogP contribution in [0.1, 0.15) is 5.56 Å². The normalized spacial score (nSPS) is 13.0. The van der Waals surface area contributed by atoms with E-state index in [1.54, 1.807) is 29.9 Å². The fourth-order valence-corrected chi connectivity index (χ4v) is 3.86. The molecule has 2 aromatic heterocycles. The highest BCUT2D eigenvalue weighted by Gasteiger charge is 2.22. The monoisotopic (exact) mass is 326 g/mol. The topological polar surface area (TPSA) is 96.4 Å². The van der Waals surface area contributed by atoms with Gasteiger partial charge in [0.15, 0.2) is 0 Å². The number of rotatable bonds is 7. The predicted octanol–water partition coefficient (Wildman–Crippen LogP) is 1.36. The summed E-state index contributed by atoms with van der Waals surface area (Å²) < 4.78 is 26.3. The fraction of sp³-hybridized carbons (Fsp3) is 0.231. The van der Waals surface area contributed by atoms with Gasteiger partial charge in [0.2, 0.25) is 10.0 Å². The van der Waals surface area contributed by atoms with Gasteiger partial charge in [-0.05, 0) is 29.5 Å². The van der Waals surface area contributed by atoms with Crippen molar-refractivity contribution in [3.63, 3.8) is 0 Å². The summed E-state index contributed by atoms with van der Waals surface area (Å²) in [6.07, 6.45) is 3.39. The Bertz CT molecular complexity index is 684. The van der Waals surface area contributed by atoms with E-state index in [1.807, 2.05) is 0 Å². The fourth-order valence-electron chi connectivity index (χ4n) is 1.75. The molecule has 6 nitrogen and oxygen atoms in total. The Balaban J connectivity index is 2.03. The molecule has 2 N–H and O–H groups in total. The van der Waals surface area contributed by atoms with Crippen LogP contribution in [0.2, 0.25) is 0 Å². The van der Waals surface area contributed by atoms with Crippen molar-refractivity contribution in [3.8, 4) is 0 Å². The van der Waals surface area contributed by atoms with Crippen molar-refractivity contribution in [2.45, 2.75) is 11.3 Å². The third-order valence-corrected chi connectivity index (χ3v) is 5.13. The maximum atomic E-state index is 12.0. The van der Waals surface area contributed by atoms with E-state index in [0.29, 0.717) is 0 Å². The molecule has 0 saturated carbocycles. The van der Waals surface area contributed by atoms with Gasteiger partial charge in [-0.3, -0.25) is 9.78 Å². The lowest BCUT2D eigenvalue weighted by Gasteiger charge is -2.13. The molecule has 0 spiro atoms. The largest absolute Gasteiger partial charge is 0.481 e. The van der Waals surface area contributed by atoms with Crippen LogP contribution >= 0.6 is 11.3 Å². The number of carboxylic acid groups (broad SMARTS) is 1. The third-order valence-electron chi connectivity index (χ3n) is 2.88. The molecule has 2 rings (SSSR count). The van der Waals surface area contributed by atoms with Gasteiger partial charge in [0.1, 0.15) is 0 Å². The van der Waals surface area contributed by atoms with E-state index < -0.39 is 21.9 Å². The van der Waals surface area contributed by atoms with Crippen LogP contribution in [-0.4, -0.2) is 31.0 Å². The minimum Gasteiger partial charge on any atom is -0.481 e. The van der Waals surface area contributed by atoms with Gasteiger partial charge in [-0.2, -0.15) is 11.3 Å². The van der Waals surface area contributed by atoms with E-state index in [4.69, 9.17) is 0 Å². The zero-order chi connectivity index (χ0) is 15.3. The molecule has 0 aliphatic rings. The third kappa shape index (κ3) is 4.35. The molecule has 2 heterocycles. The maximum Gasteiger partial charge on any atom is 0.308 e. The van der Waals surface area contributed by atoms with Gasteiger partial charge in [-0.1, -0.05) is 6.07 Å². The number of thiophene rings is 1. The van der Waals surface area contributed by atoms with Crippen molar-refractivity contribution in [1.29, 1.82) is 0 Å². The van der Waals surface area contributed by atoms with Crippen molar-refractivity contribution < 1.29 is 18.3 Å². The number of aliphatic carboxylic acids is 1. The number of aromatic nitrogens is 1. The first-order valence-corrected chi connectivity index (χ1v) is 8.55. The first-order chi connectivity index (χ1) is 9.99. The Hall–Kier alpha value is -1.77. The Kier molecular flexibility index (Phi) is 5.05. The van der Waals surface area contributed by atoms with Crippen LogP contribution in [-0.2, 0) is 21.2 Å². The standard InChI is InChI=1S/C13H14N2O4S2/c16-13(17)11(6-10-2-1-4-14-7-10)8-15-21(18,19)12-3-5-20-9-12/h1-5,7,9,11,15H,6,8H2,(H,16,17). The van der Waals surface area contributed by atoms with E-state index >= 15 is 0 Å². The van der Waals surface area contributed by atoms with E-state index in [-0.39, 0.29) is 17.9 Å². The van der Waals surface area contributed by atoms with Crippen LogP contribution in [0.3, 0.4) is 0 Å².